The molecule has 4 unspecified atom stereocenters. The number of rotatable bonds is 5. The number of aliphatic hydroxyl groups is 1. The minimum absolute atomic E-state index is 0.00324. The lowest BCUT2D eigenvalue weighted by molar-refractivity contribution is 0.0630. The second-order valence-corrected chi connectivity index (χ2v) is 5.02. The summed E-state index contributed by atoms with van der Waals surface area (Å²) in [5.41, 5.74) is 0. The highest BCUT2D eigenvalue weighted by molar-refractivity contribution is 4.86. The number of unbranched alkanes of at least 4 members (excludes halogenated alkanes) is 1. The quantitative estimate of drug-likeness (QED) is 0.715. The van der Waals surface area contributed by atoms with E-state index in [1.54, 1.807) is 0 Å². The summed E-state index contributed by atoms with van der Waals surface area (Å²) in [5.74, 6) is 1.90. The van der Waals surface area contributed by atoms with E-state index in [2.05, 4.69) is 20.8 Å². The molecule has 0 heterocycles. The zero-order chi connectivity index (χ0) is 10.6. The molecule has 14 heavy (non-hydrogen) atoms. The standard InChI is InChI=1S/C13H26O/c1-4-6-7-11-8-9-12(13(11)14)10(3)5-2/h10-14H,4-9H2,1-3H3. The van der Waals surface area contributed by atoms with E-state index in [0.717, 1.165) is 0 Å². The zero-order valence-corrected chi connectivity index (χ0v) is 10.00. The summed E-state index contributed by atoms with van der Waals surface area (Å²) in [6, 6.07) is 0. The van der Waals surface area contributed by atoms with E-state index < -0.39 is 0 Å². The maximum absolute atomic E-state index is 10.2. The van der Waals surface area contributed by atoms with Crippen molar-refractivity contribution in [3.05, 3.63) is 0 Å². The highest BCUT2D eigenvalue weighted by Gasteiger charge is 2.36. The van der Waals surface area contributed by atoms with Gasteiger partial charge in [-0.3, -0.25) is 0 Å². The van der Waals surface area contributed by atoms with Gasteiger partial charge < -0.3 is 5.11 Å². The SMILES string of the molecule is CCCCC1CCC(C(C)CC)C1O. The first-order chi connectivity index (χ1) is 6.70. The van der Waals surface area contributed by atoms with E-state index in [9.17, 15) is 5.11 Å². The molecule has 0 spiro atoms. The smallest absolute Gasteiger partial charge is 0.0599 e. The molecule has 1 saturated carbocycles. The van der Waals surface area contributed by atoms with Crippen LogP contribution >= 0.6 is 0 Å². The Balaban J connectivity index is 2.38. The number of hydrogen-bond donors (Lipinski definition) is 1. The second-order valence-electron chi connectivity index (χ2n) is 5.02. The van der Waals surface area contributed by atoms with Gasteiger partial charge in [-0.1, -0.05) is 40.0 Å². The summed E-state index contributed by atoms with van der Waals surface area (Å²) in [4.78, 5) is 0. The van der Waals surface area contributed by atoms with Crippen molar-refractivity contribution in [3.63, 3.8) is 0 Å². The van der Waals surface area contributed by atoms with Crippen LogP contribution in [0.3, 0.4) is 0 Å². The molecular formula is C13H26O. The lowest BCUT2D eigenvalue weighted by Gasteiger charge is -2.24. The summed E-state index contributed by atoms with van der Waals surface area (Å²) >= 11 is 0. The monoisotopic (exact) mass is 198 g/mol. The highest BCUT2D eigenvalue weighted by Crippen LogP contribution is 2.39. The molecule has 0 aromatic carbocycles. The van der Waals surface area contributed by atoms with Crippen molar-refractivity contribution < 1.29 is 5.11 Å². The van der Waals surface area contributed by atoms with Crippen LogP contribution < -0.4 is 0 Å². The molecule has 0 saturated heterocycles. The van der Waals surface area contributed by atoms with Crippen LogP contribution in [-0.4, -0.2) is 11.2 Å². The summed E-state index contributed by atoms with van der Waals surface area (Å²) in [6.07, 6.45) is 7.51. The average molecular weight is 198 g/mol. The lowest BCUT2D eigenvalue weighted by Crippen LogP contribution is -2.25. The number of hydrogen-bond acceptors (Lipinski definition) is 1. The van der Waals surface area contributed by atoms with Crippen LogP contribution in [0.1, 0.15) is 59.3 Å². The maximum Gasteiger partial charge on any atom is 0.0599 e. The third-order valence-corrected chi connectivity index (χ3v) is 4.10. The van der Waals surface area contributed by atoms with Crippen LogP contribution in [0.5, 0.6) is 0 Å². The van der Waals surface area contributed by atoms with Crippen LogP contribution in [-0.2, 0) is 0 Å². The summed E-state index contributed by atoms with van der Waals surface area (Å²) < 4.78 is 0. The van der Waals surface area contributed by atoms with Gasteiger partial charge >= 0.3 is 0 Å². The molecule has 0 amide bonds. The molecule has 1 heteroatoms. The van der Waals surface area contributed by atoms with Crippen LogP contribution in [0.25, 0.3) is 0 Å². The lowest BCUT2D eigenvalue weighted by atomic mass is 9.86. The molecule has 1 N–H and O–H groups in total. The fraction of sp³-hybridized carbons (Fsp3) is 1.00. The van der Waals surface area contributed by atoms with E-state index in [0.29, 0.717) is 17.8 Å². The second kappa shape index (κ2) is 5.75. The van der Waals surface area contributed by atoms with Crippen LogP contribution in [0.4, 0.5) is 0 Å². The van der Waals surface area contributed by atoms with Crippen molar-refractivity contribution in [2.24, 2.45) is 17.8 Å². The molecule has 1 fully saturated rings. The summed E-state index contributed by atoms with van der Waals surface area (Å²) in [6.45, 7) is 6.75. The minimum Gasteiger partial charge on any atom is -0.393 e. The van der Waals surface area contributed by atoms with Gasteiger partial charge in [0, 0.05) is 0 Å². The first-order valence-electron chi connectivity index (χ1n) is 6.38. The van der Waals surface area contributed by atoms with E-state index in [1.165, 1.54) is 38.5 Å². The van der Waals surface area contributed by atoms with Crippen molar-refractivity contribution in [2.75, 3.05) is 0 Å². The molecule has 0 aliphatic heterocycles. The fourth-order valence-electron chi connectivity index (χ4n) is 2.80. The van der Waals surface area contributed by atoms with Gasteiger partial charge in [-0.2, -0.15) is 0 Å². The largest absolute Gasteiger partial charge is 0.393 e. The Kier molecular flexibility index (Phi) is 4.94. The van der Waals surface area contributed by atoms with Gasteiger partial charge in [0.2, 0.25) is 0 Å². The van der Waals surface area contributed by atoms with Gasteiger partial charge in [-0.15, -0.1) is 0 Å². The van der Waals surface area contributed by atoms with Gasteiger partial charge in [-0.25, -0.2) is 0 Å². The molecular weight excluding hydrogens is 172 g/mol. The Morgan fingerprint density at radius 2 is 2.00 bits per heavy atom. The fourth-order valence-corrected chi connectivity index (χ4v) is 2.80. The Bertz CT molecular complexity index is 155. The summed E-state index contributed by atoms with van der Waals surface area (Å²) in [7, 11) is 0. The average Bonchev–Trinajstić information content (AvgIpc) is 2.56. The molecule has 1 rings (SSSR count). The van der Waals surface area contributed by atoms with E-state index >= 15 is 0 Å². The molecule has 0 bridgehead atoms. The summed E-state index contributed by atoms with van der Waals surface area (Å²) in [5, 5.41) is 10.2. The topological polar surface area (TPSA) is 20.2 Å². The molecule has 1 aliphatic rings. The Morgan fingerprint density at radius 3 is 2.57 bits per heavy atom. The molecule has 0 aromatic heterocycles. The molecule has 1 aliphatic carbocycles. The van der Waals surface area contributed by atoms with Gasteiger partial charge in [0.1, 0.15) is 0 Å². The number of aliphatic hydroxyl groups excluding tert-OH is 1. The van der Waals surface area contributed by atoms with Crippen molar-refractivity contribution in [2.45, 2.75) is 65.4 Å². The maximum atomic E-state index is 10.2. The molecule has 84 valence electrons. The minimum atomic E-state index is -0.00324. The Morgan fingerprint density at radius 1 is 1.29 bits per heavy atom. The predicted molar refractivity (Wildman–Crippen MR) is 61.2 cm³/mol. The van der Waals surface area contributed by atoms with Gasteiger partial charge in [-0.05, 0) is 37.0 Å². The van der Waals surface area contributed by atoms with E-state index in [4.69, 9.17) is 0 Å². The van der Waals surface area contributed by atoms with Gasteiger partial charge in [0.05, 0.1) is 6.10 Å². The Hall–Kier alpha value is -0.0400. The third kappa shape index (κ3) is 2.73. The van der Waals surface area contributed by atoms with E-state index in [1.807, 2.05) is 0 Å². The van der Waals surface area contributed by atoms with Crippen molar-refractivity contribution >= 4 is 0 Å². The van der Waals surface area contributed by atoms with Gasteiger partial charge in [0.25, 0.3) is 0 Å². The molecule has 4 atom stereocenters. The normalized spacial score (nSPS) is 34.7. The van der Waals surface area contributed by atoms with Crippen LogP contribution in [0, 0.1) is 17.8 Å². The third-order valence-electron chi connectivity index (χ3n) is 4.10. The van der Waals surface area contributed by atoms with Gasteiger partial charge in [0.15, 0.2) is 0 Å². The molecule has 1 nitrogen and oxygen atoms in total. The highest BCUT2D eigenvalue weighted by atomic mass is 16.3. The predicted octanol–water partition coefficient (Wildman–Crippen LogP) is 3.61. The zero-order valence-electron chi connectivity index (χ0n) is 10.00. The first-order valence-corrected chi connectivity index (χ1v) is 6.38. The van der Waals surface area contributed by atoms with Crippen molar-refractivity contribution in [1.82, 2.24) is 0 Å². The van der Waals surface area contributed by atoms with Crippen molar-refractivity contribution in [3.8, 4) is 0 Å². The van der Waals surface area contributed by atoms with E-state index in [-0.39, 0.29) is 6.10 Å². The molecule has 0 aromatic rings. The Labute approximate surface area is 88.9 Å². The van der Waals surface area contributed by atoms with Crippen LogP contribution in [0.2, 0.25) is 0 Å². The first kappa shape index (κ1) is 12.0. The van der Waals surface area contributed by atoms with Crippen molar-refractivity contribution in [1.29, 1.82) is 0 Å². The molecule has 0 radical (unpaired) electrons. The van der Waals surface area contributed by atoms with Crippen LogP contribution in [0.15, 0.2) is 0 Å².